The highest BCUT2D eigenvalue weighted by atomic mass is 16.5. The molecule has 0 fully saturated rings. The summed E-state index contributed by atoms with van der Waals surface area (Å²) in [4.78, 5) is 25.2. The summed E-state index contributed by atoms with van der Waals surface area (Å²) in [6, 6.07) is 25.2. The van der Waals surface area contributed by atoms with Crippen molar-refractivity contribution < 1.29 is 19.1 Å². The minimum absolute atomic E-state index is 0.346. The third kappa shape index (κ3) is 5.07. The molecule has 0 heterocycles. The first kappa shape index (κ1) is 21.8. The Balaban J connectivity index is 1.61. The van der Waals surface area contributed by atoms with Crippen molar-refractivity contribution >= 4 is 28.9 Å². The molecule has 0 radical (unpaired) electrons. The van der Waals surface area contributed by atoms with Gasteiger partial charge < -0.3 is 9.47 Å². The van der Waals surface area contributed by atoms with Crippen LogP contribution in [-0.4, -0.2) is 25.2 Å². The third-order valence-electron chi connectivity index (χ3n) is 5.11. The Morgan fingerprint density at radius 3 is 2.45 bits per heavy atom. The number of carbonyl (C=O) groups is 2. The number of hydrogen-bond donors (Lipinski definition) is 1. The van der Waals surface area contributed by atoms with E-state index in [1.165, 1.54) is 13.3 Å². The fourth-order valence-electron chi connectivity index (χ4n) is 3.33. The number of methoxy groups -OCH3 is 1. The monoisotopic (exact) mass is 438 g/mol. The maximum Gasteiger partial charge on any atom is 0.343 e. The van der Waals surface area contributed by atoms with E-state index in [9.17, 15) is 9.59 Å². The van der Waals surface area contributed by atoms with Gasteiger partial charge in [0, 0.05) is 11.1 Å². The number of nitrogens with zero attached hydrogens (tertiary/aromatic N) is 1. The molecule has 0 bridgehead atoms. The Bertz CT molecular complexity index is 1340. The Morgan fingerprint density at radius 1 is 0.879 bits per heavy atom. The van der Waals surface area contributed by atoms with Crippen LogP contribution >= 0.6 is 0 Å². The number of esters is 1. The second kappa shape index (κ2) is 9.78. The molecular formula is C27H22N2O4. The average Bonchev–Trinajstić information content (AvgIpc) is 2.85. The number of rotatable bonds is 6. The molecule has 0 saturated heterocycles. The van der Waals surface area contributed by atoms with E-state index in [1.54, 1.807) is 42.5 Å². The number of ether oxygens (including phenoxy) is 2. The highest BCUT2D eigenvalue weighted by molar-refractivity contribution is 6.04. The number of hydrazone groups is 1. The van der Waals surface area contributed by atoms with Crippen LogP contribution in [0.2, 0.25) is 0 Å². The van der Waals surface area contributed by atoms with Gasteiger partial charge in [-0.3, -0.25) is 4.79 Å². The van der Waals surface area contributed by atoms with Crippen LogP contribution in [0.25, 0.3) is 10.8 Å². The summed E-state index contributed by atoms with van der Waals surface area (Å²) in [6.45, 7) is 1.95. The minimum atomic E-state index is -0.472. The lowest BCUT2D eigenvalue weighted by molar-refractivity contribution is 0.0734. The van der Waals surface area contributed by atoms with E-state index in [0.717, 1.165) is 16.3 Å². The van der Waals surface area contributed by atoms with Gasteiger partial charge in [-0.2, -0.15) is 5.10 Å². The van der Waals surface area contributed by atoms with Crippen LogP contribution in [0.1, 0.15) is 31.8 Å². The number of benzene rings is 4. The number of aryl methyl sites for hydroxylation is 1. The second-order valence-electron chi connectivity index (χ2n) is 7.39. The van der Waals surface area contributed by atoms with Gasteiger partial charge in [-0.25, -0.2) is 10.2 Å². The van der Waals surface area contributed by atoms with Crippen molar-refractivity contribution in [3.63, 3.8) is 0 Å². The topological polar surface area (TPSA) is 77.0 Å². The molecule has 0 aliphatic heterocycles. The Hall–Kier alpha value is -4.45. The van der Waals surface area contributed by atoms with Crippen molar-refractivity contribution in [1.82, 2.24) is 5.43 Å². The Kier molecular flexibility index (Phi) is 6.45. The molecule has 0 aliphatic rings. The first-order valence-corrected chi connectivity index (χ1v) is 10.3. The molecule has 0 atom stereocenters. The van der Waals surface area contributed by atoms with Gasteiger partial charge in [0.25, 0.3) is 5.91 Å². The van der Waals surface area contributed by atoms with Gasteiger partial charge in [0.2, 0.25) is 0 Å². The van der Waals surface area contributed by atoms with Gasteiger partial charge >= 0.3 is 5.97 Å². The number of carbonyl (C=O) groups excluding carboxylic acids is 2. The molecule has 6 heteroatoms. The Morgan fingerprint density at radius 2 is 1.67 bits per heavy atom. The minimum Gasteiger partial charge on any atom is -0.497 e. The van der Waals surface area contributed by atoms with Crippen LogP contribution in [-0.2, 0) is 0 Å². The number of nitrogens with one attached hydrogen (secondary N) is 1. The molecule has 0 unspecified atom stereocenters. The number of amides is 1. The summed E-state index contributed by atoms with van der Waals surface area (Å²) in [5, 5.41) is 5.91. The predicted octanol–water partition coefficient (Wildman–Crippen LogP) is 5.14. The quantitative estimate of drug-likeness (QED) is 0.196. The summed E-state index contributed by atoms with van der Waals surface area (Å²) in [6.07, 6.45) is 1.48. The molecule has 33 heavy (non-hydrogen) atoms. The highest BCUT2D eigenvalue weighted by Crippen LogP contribution is 2.27. The molecular weight excluding hydrogens is 416 g/mol. The van der Waals surface area contributed by atoms with Crippen LogP contribution in [0.15, 0.2) is 90.0 Å². The zero-order valence-corrected chi connectivity index (χ0v) is 18.2. The molecule has 0 aromatic heterocycles. The van der Waals surface area contributed by atoms with Crippen LogP contribution in [0.4, 0.5) is 0 Å². The third-order valence-corrected chi connectivity index (χ3v) is 5.11. The standard InChI is InChI=1S/C27H22N2O4/c1-18-10-12-20(13-11-18)27(31)33-25-15-14-19-6-3-4-9-23(19)24(25)17-28-29-26(30)21-7-5-8-22(16-21)32-2/h3-17H,1-2H3,(H,29,30)/b28-17+. The zero-order chi connectivity index (χ0) is 23.2. The molecule has 1 N–H and O–H groups in total. The SMILES string of the molecule is COc1cccc(C(=O)N/N=C/c2c(OC(=O)c3ccc(C)cc3)ccc3ccccc23)c1. The smallest absolute Gasteiger partial charge is 0.343 e. The van der Waals surface area contributed by atoms with E-state index in [2.05, 4.69) is 10.5 Å². The van der Waals surface area contributed by atoms with Gasteiger partial charge in [0.1, 0.15) is 11.5 Å². The maximum atomic E-state index is 12.7. The normalized spacial score (nSPS) is 10.8. The molecule has 4 aromatic rings. The molecule has 4 aromatic carbocycles. The summed E-state index contributed by atoms with van der Waals surface area (Å²) in [7, 11) is 1.54. The van der Waals surface area contributed by atoms with Crippen molar-refractivity contribution in [3.8, 4) is 11.5 Å². The van der Waals surface area contributed by atoms with E-state index in [0.29, 0.717) is 28.2 Å². The van der Waals surface area contributed by atoms with Gasteiger partial charge in [0.05, 0.1) is 18.9 Å². The largest absolute Gasteiger partial charge is 0.497 e. The molecule has 1 amide bonds. The highest BCUT2D eigenvalue weighted by Gasteiger charge is 2.14. The number of fused-ring (bicyclic) bond motifs is 1. The van der Waals surface area contributed by atoms with E-state index in [4.69, 9.17) is 9.47 Å². The predicted molar refractivity (Wildman–Crippen MR) is 128 cm³/mol. The van der Waals surface area contributed by atoms with Crippen LogP contribution in [0, 0.1) is 6.92 Å². The molecule has 164 valence electrons. The fraction of sp³-hybridized carbons (Fsp3) is 0.0741. The summed E-state index contributed by atoms with van der Waals surface area (Å²) in [5.74, 6) is 0.0635. The van der Waals surface area contributed by atoms with E-state index < -0.39 is 5.97 Å². The number of hydrogen-bond acceptors (Lipinski definition) is 5. The van der Waals surface area contributed by atoms with Crippen LogP contribution < -0.4 is 14.9 Å². The zero-order valence-electron chi connectivity index (χ0n) is 18.2. The van der Waals surface area contributed by atoms with Crippen molar-refractivity contribution in [1.29, 1.82) is 0 Å². The first-order chi connectivity index (χ1) is 16.0. The van der Waals surface area contributed by atoms with E-state index in [1.807, 2.05) is 49.4 Å². The molecule has 0 saturated carbocycles. The molecule has 6 nitrogen and oxygen atoms in total. The van der Waals surface area contributed by atoms with Crippen LogP contribution in [0.3, 0.4) is 0 Å². The summed E-state index contributed by atoms with van der Waals surface area (Å²) >= 11 is 0. The lowest BCUT2D eigenvalue weighted by Crippen LogP contribution is -2.17. The lowest BCUT2D eigenvalue weighted by Gasteiger charge is -2.11. The van der Waals surface area contributed by atoms with Crippen molar-refractivity contribution in [2.75, 3.05) is 7.11 Å². The van der Waals surface area contributed by atoms with Crippen molar-refractivity contribution in [2.45, 2.75) is 6.92 Å². The molecule has 0 aliphatic carbocycles. The maximum absolute atomic E-state index is 12.7. The Labute approximate surface area is 191 Å². The summed E-state index contributed by atoms with van der Waals surface area (Å²) < 4.78 is 10.8. The second-order valence-corrected chi connectivity index (χ2v) is 7.39. The fourth-order valence-corrected chi connectivity index (χ4v) is 3.33. The van der Waals surface area contributed by atoms with Crippen molar-refractivity contribution in [2.24, 2.45) is 5.10 Å². The molecule has 0 spiro atoms. The van der Waals surface area contributed by atoms with Gasteiger partial charge in [-0.1, -0.05) is 54.1 Å². The average molecular weight is 438 g/mol. The molecule has 4 rings (SSSR count). The first-order valence-electron chi connectivity index (χ1n) is 10.3. The van der Waals surface area contributed by atoms with Gasteiger partial charge in [0.15, 0.2) is 0 Å². The lowest BCUT2D eigenvalue weighted by atomic mass is 10.0. The van der Waals surface area contributed by atoms with Crippen LogP contribution in [0.5, 0.6) is 11.5 Å². The van der Waals surface area contributed by atoms with Crippen molar-refractivity contribution in [3.05, 3.63) is 107 Å². The van der Waals surface area contributed by atoms with Gasteiger partial charge in [-0.15, -0.1) is 0 Å². The van der Waals surface area contributed by atoms with Gasteiger partial charge in [-0.05, 0) is 54.1 Å². The van der Waals surface area contributed by atoms with E-state index in [-0.39, 0.29) is 5.91 Å². The summed E-state index contributed by atoms with van der Waals surface area (Å²) in [5.41, 5.74) is 5.01. The van der Waals surface area contributed by atoms with E-state index >= 15 is 0 Å².